The molecular weight excluding hydrogens is 1930 g/mol. The molecule has 0 saturated carbocycles. The summed E-state index contributed by atoms with van der Waals surface area (Å²) in [6, 6.07) is 39.2. The van der Waals surface area contributed by atoms with Gasteiger partial charge in [0, 0.05) is 56.6 Å². The number of hydrogen-bond donors (Lipinski definition) is 7. The molecule has 5 aromatic rings. The quantitative estimate of drug-likeness (QED) is 0.00661. The average molecular weight is 2060 g/mol. The number of nitrogens with zero attached hydrogens (tertiary/aromatic N) is 3. The second kappa shape index (κ2) is 58.5. The van der Waals surface area contributed by atoms with Gasteiger partial charge in [-0.2, -0.15) is 15.8 Å². The van der Waals surface area contributed by atoms with E-state index in [-0.39, 0.29) is 17.5 Å². The topological polar surface area (TPSA) is 379 Å². The number of benzene rings is 5. The van der Waals surface area contributed by atoms with Crippen LogP contribution >= 0.6 is 63.7 Å². The first-order valence-electron chi connectivity index (χ1n) is 40.6. The summed E-state index contributed by atoms with van der Waals surface area (Å²) < 4.78 is 45.3. The number of carboxylic acids is 1. The van der Waals surface area contributed by atoms with Crippen LogP contribution < -0.4 is 32.3 Å². The van der Waals surface area contributed by atoms with Crippen molar-refractivity contribution in [3.8, 4) is 18.2 Å². The van der Waals surface area contributed by atoms with E-state index in [9.17, 15) is 43.6 Å². The summed E-state index contributed by atoms with van der Waals surface area (Å²) in [5.74, 6) is -1.09. The molecule has 0 bridgehead atoms. The molecule has 0 aromatic heterocycles. The molecular formula is C92H131Br4N9O16Sn. The third kappa shape index (κ3) is 54.7. The van der Waals surface area contributed by atoms with Gasteiger partial charge < -0.3 is 65.8 Å². The van der Waals surface area contributed by atoms with E-state index in [2.05, 4.69) is 143 Å². The van der Waals surface area contributed by atoms with Crippen LogP contribution in [-0.2, 0) is 74.9 Å². The average Bonchev–Trinajstić information content (AvgIpc) is 0.832. The smallest absolute Gasteiger partial charge is 0.408 e. The Morgan fingerprint density at radius 1 is 0.410 bits per heavy atom. The van der Waals surface area contributed by atoms with Gasteiger partial charge in [-0.25, -0.2) is 28.8 Å². The van der Waals surface area contributed by atoms with Crippen molar-refractivity contribution in [2.45, 2.75) is 281 Å². The van der Waals surface area contributed by atoms with Crippen LogP contribution in [0.4, 0.5) is 24.0 Å². The van der Waals surface area contributed by atoms with Gasteiger partial charge in [0.15, 0.2) is 5.78 Å². The molecule has 122 heavy (non-hydrogen) atoms. The van der Waals surface area contributed by atoms with Gasteiger partial charge in [-0.3, -0.25) is 9.59 Å². The predicted octanol–water partition coefficient (Wildman–Crippen LogP) is 21.5. The number of nitriles is 3. The van der Waals surface area contributed by atoms with E-state index >= 15 is 0 Å². The summed E-state index contributed by atoms with van der Waals surface area (Å²) in [6.07, 6.45) is 6.64. The van der Waals surface area contributed by atoms with Gasteiger partial charge in [0.05, 0.1) is 30.1 Å². The molecule has 8 N–H and O–H groups in total. The van der Waals surface area contributed by atoms with E-state index in [4.69, 9.17) is 54.5 Å². The number of nitrogens with two attached hydrogens (primary N) is 1. The van der Waals surface area contributed by atoms with Gasteiger partial charge in [0.2, 0.25) is 5.91 Å². The van der Waals surface area contributed by atoms with Gasteiger partial charge in [-0.05, 0) is 175 Å². The Labute approximate surface area is 762 Å². The van der Waals surface area contributed by atoms with E-state index in [0.29, 0.717) is 43.6 Å². The van der Waals surface area contributed by atoms with Crippen molar-refractivity contribution in [3.05, 3.63) is 191 Å². The normalized spacial score (nSPS) is 12.2. The second-order valence-corrected chi connectivity index (χ2v) is 49.8. The van der Waals surface area contributed by atoms with Crippen molar-refractivity contribution < 1.29 is 76.6 Å². The summed E-state index contributed by atoms with van der Waals surface area (Å²) >= 11 is 10.9. The van der Waals surface area contributed by atoms with Crippen molar-refractivity contribution in [2.75, 3.05) is 18.5 Å². The third-order valence-electron chi connectivity index (χ3n) is 16.4. The number of carboxylic acid groups (broad SMARTS) is 1. The van der Waals surface area contributed by atoms with Crippen molar-refractivity contribution in [2.24, 2.45) is 5.73 Å². The summed E-state index contributed by atoms with van der Waals surface area (Å²) in [5.41, 5.74) is 8.23. The molecule has 672 valence electrons. The number of carbonyl (C=O) groups is 8. The Balaban J connectivity index is 0.00000144. The number of nitrogens with one attached hydrogen (secondary N) is 5. The van der Waals surface area contributed by atoms with Crippen LogP contribution in [0.15, 0.2) is 152 Å². The number of halogens is 4. The molecule has 0 saturated heterocycles. The molecule has 6 amide bonds. The standard InChI is InChI=1S/C18H24N2O3.C16H19BrN2O3.C14H19BrN2O3.C14H17BrN2O2.C14H18BrNO4.C4H7O.3C4H9.Sn/c1-6-22-13(2)15-9-7-14(8-10-15)11-16(12-19)20-17(21)23-18(3,4)5;1-16(2,3)22-15(21)19-13(10-18)8-11-4-6-12(7-5-11)14(20)9-17;1-14(2,3)20-13(19)17-11(12(16)18)8-9-4-6-10(15)7-5-9;1-14(2,3)19-13(18)17-12(9-16)8-10-4-6-11(15)7-5-10;1-14(2,3)20-13(19)16-11(12(17)18)8-9-4-6-10(15)7-5-9;1-3-5-4-2;3*1-3-4-2;/h7-10,16H,2,6,11H2,1,3-5H3,(H,20,21);4-7,13H,8-9H2,1-3H3,(H,19,21);4-7,11H,8H2,1-3H3,(H2,16,18)(H,17,19);4-7,12H,8H2,1-3H3,(H,17,18);4-7,11H,8H2,1-3H3,(H,16,19)(H,17,18);1,4H2,2H3;3*1,3-4H2,2H3;/t16-;13-;11-;12-;11-;;;;;/m00000...../s1. The van der Waals surface area contributed by atoms with Crippen LogP contribution in [0.3, 0.4) is 0 Å². The number of amides is 6. The fourth-order valence-electron chi connectivity index (χ4n) is 10.8. The van der Waals surface area contributed by atoms with Crippen molar-refractivity contribution in [1.82, 2.24) is 26.6 Å². The Bertz CT molecular complexity index is 4050. The monoisotopic (exact) mass is 2050 g/mol. The van der Waals surface area contributed by atoms with Crippen LogP contribution in [0, 0.1) is 34.0 Å². The molecule has 0 aliphatic heterocycles. The molecule has 30 heteroatoms. The number of rotatable bonds is 34. The number of alkyl halides is 1. The maximum absolute atomic E-state index is 11.7. The first-order chi connectivity index (χ1) is 56.8. The molecule has 0 aliphatic rings. The molecule has 0 spiro atoms. The van der Waals surface area contributed by atoms with Crippen molar-refractivity contribution in [3.63, 3.8) is 0 Å². The minimum atomic E-state index is -2.24. The zero-order valence-corrected chi connectivity index (χ0v) is 84.1. The van der Waals surface area contributed by atoms with E-state index in [1.165, 1.54) is 55.6 Å². The van der Waals surface area contributed by atoms with Crippen LogP contribution in [0.1, 0.15) is 221 Å². The fourth-order valence-corrected chi connectivity index (χ4v) is 26.5. The first-order valence-corrected chi connectivity index (χ1v) is 51.6. The van der Waals surface area contributed by atoms with Crippen LogP contribution in [0.5, 0.6) is 0 Å². The van der Waals surface area contributed by atoms with Crippen LogP contribution in [-0.4, -0.2) is 148 Å². The number of Topliss-reactive ketones (excluding diaryl/α,β-unsaturated/α-hetero) is 1. The summed E-state index contributed by atoms with van der Waals surface area (Å²) in [6.45, 7) is 46.8. The van der Waals surface area contributed by atoms with Crippen molar-refractivity contribution >= 4 is 136 Å². The minimum absolute atomic E-state index is 0.00439. The van der Waals surface area contributed by atoms with E-state index in [1.807, 2.05) is 97.9 Å². The summed E-state index contributed by atoms with van der Waals surface area (Å²) in [4.78, 5) is 92.4. The number of primary amides is 1. The number of ether oxygens (including phenoxy) is 7. The maximum Gasteiger partial charge on any atom is 0.408 e. The first kappa shape index (κ1) is 113. The molecule has 0 heterocycles. The molecule has 5 atom stereocenters. The zero-order valence-electron chi connectivity index (χ0n) is 74.9. The molecule has 0 unspecified atom stereocenters. The largest absolute Gasteiger partial charge is 0.480 e. The van der Waals surface area contributed by atoms with E-state index < -0.39 is 119 Å². The predicted molar refractivity (Wildman–Crippen MR) is 498 cm³/mol. The minimum Gasteiger partial charge on any atom is -0.480 e. The summed E-state index contributed by atoms with van der Waals surface area (Å²) in [5, 5.41) is 49.3. The van der Waals surface area contributed by atoms with Crippen LogP contribution in [0.25, 0.3) is 5.76 Å². The number of carbonyl (C=O) groups excluding carboxylic acids is 7. The maximum atomic E-state index is 11.7. The van der Waals surface area contributed by atoms with E-state index in [1.54, 1.807) is 140 Å². The summed E-state index contributed by atoms with van der Waals surface area (Å²) in [7, 11) is 0. The van der Waals surface area contributed by atoms with E-state index in [0.717, 1.165) is 53.4 Å². The molecule has 5 rings (SSSR count). The Hall–Kier alpha value is -8.67. The molecule has 0 fully saturated rings. The van der Waals surface area contributed by atoms with Gasteiger partial charge in [0.25, 0.3) is 0 Å². The van der Waals surface area contributed by atoms with Gasteiger partial charge in [-0.1, -0.05) is 155 Å². The van der Waals surface area contributed by atoms with Crippen molar-refractivity contribution in [1.29, 1.82) is 15.8 Å². The van der Waals surface area contributed by atoms with Gasteiger partial charge in [0.1, 0.15) is 64.0 Å². The molecule has 0 radical (unpaired) electrons. The SMILES string of the molecule is C=C(OCC)c1ccc(C[C@@H](C#N)NC(=O)OC(C)(C)C)cc1.C=[C](OCC)[Sn]([CH2]CCC)([CH2]CCC)[CH2]CCC.CC(C)(C)OC(=O)N[C@@H](Cc1ccc(Br)cc1)C(=O)O.CC(C)(C)OC(=O)N[C@@H](Cc1ccc(Br)cc1)C(N)=O.CC(C)(C)OC(=O)N[C@H](C#N)Cc1ccc(Br)cc1.CC(C)(C)OC(=O)N[C@H](C#N)Cc1ccc(C(=O)CBr)cc1. The number of alkyl carbamates (subject to hydrolysis) is 5. The molecule has 25 nitrogen and oxygen atoms in total. The number of aliphatic carboxylic acids is 1. The zero-order chi connectivity index (χ0) is 93.2. The Morgan fingerprint density at radius 3 is 0.910 bits per heavy atom. The third-order valence-corrected chi connectivity index (χ3v) is 33.5. The second-order valence-electron chi connectivity index (χ2n) is 33.3. The number of ketones is 1. The Morgan fingerprint density at radius 2 is 0.664 bits per heavy atom. The Kier molecular flexibility index (Phi) is 54.3. The number of hydrogen-bond acceptors (Lipinski definition) is 18. The molecule has 0 aliphatic carbocycles. The number of unbranched alkanes of at least 4 members (excludes halogenated alkanes) is 3. The fraction of sp³-hybridized carbons (Fsp3) is 0.511. The van der Waals surface area contributed by atoms with Gasteiger partial charge in [-0.15, -0.1) is 0 Å². The van der Waals surface area contributed by atoms with Crippen LogP contribution in [0.2, 0.25) is 13.3 Å². The molecule has 5 aromatic carbocycles. The van der Waals surface area contributed by atoms with Gasteiger partial charge >= 0.3 is 156 Å².